The first-order valence-electron chi connectivity index (χ1n) is 9.67. The number of nitrogens with zero attached hydrogens (tertiary/aromatic N) is 5. The number of aromatic nitrogens is 2. The van der Waals surface area contributed by atoms with E-state index in [2.05, 4.69) is 37.1 Å². The van der Waals surface area contributed by atoms with Gasteiger partial charge >= 0.3 is 0 Å². The zero-order valence-electron chi connectivity index (χ0n) is 16.0. The van der Waals surface area contributed by atoms with Crippen LogP contribution in [0, 0.1) is 5.82 Å². The Morgan fingerprint density at radius 2 is 2.04 bits per heavy atom. The molecule has 146 valence electrons. The van der Waals surface area contributed by atoms with Crippen molar-refractivity contribution in [3.63, 3.8) is 0 Å². The van der Waals surface area contributed by atoms with E-state index in [1.807, 2.05) is 19.2 Å². The third kappa shape index (κ3) is 3.83. The fourth-order valence-electron chi connectivity index (χ4n) is 3.78. The van der Waals surface area contributed by atoms with E-state index in [0.29, 0.717) is 23.0 Å². The second-order valence-corrected chi connectivity index (χ2v) is 7.25. The van der Waals surface area contributed by atoms with Crippen LogP contribution in [0.3, 0.4) is 0 Å². The Kier molecular flexibility index (Phi) is 5.38. The summed E-state index contributed by atoms with van der Waals surface area (Å²) >= 11 is 0. The maximum atomic E-state index is 14.8. The molecule has 2 aliphatic rings. The van der Waals surface area contributed by atoms with Crippen molar-refractivity contribution in [2.24, 2.45) is 0 Å². The van der Waals surface area contributed by atoms with Gasteiger partial charge in [0, 0.05) is 51.4 Å². The molecule has 0 saturated carbocycles. The van der Waals surface area contributed by atoms with E-state index in [-0.39, 0.29) is 11.9 Å². The summed E-state index contributed by atoms with van der Waals surface area (Å²) in [6.45, 7) is 9.49. The number of hydrogen-bond acceptors (Lipinski definition) is 7. The van der Waals surface area contributed by atoms with Gasteiger partial charge in [0.2, 0.25) is 0 Å². The zero-order chi connectivity index (χ0) is 18.8. The second kappa shape index (κ2) is 7.92. The molecule has 1 atom stereocenters. The van der Waals surface area contributed by atoms with Gasteiger partial charge in [-0.1, -0.05) is 12.1 Å². The van der Waals surface area contributed by atoms with Gasteiger partial charge in [0.25, 0.3) is 5.89 Å². The van der Waals surface area contributed by atoms with Crippen LogP contribution in [0.1, 0.15) is 18.8 Å². The van der Waals surface area contributed by atoms with Gasteiger partial charge in [-0.3, -0.25) is 4.90 Å². The summed E-state index contributed by atoms with van der Waals surface area (Å²) in [4.78, 5) is 11.2. The second-order valence-electron chi connectivity index (χ2n) is 7.25. The van der Waals surface area contributed by atoms with Crippen LogP contribution >= 0.6 is 0 Å². The van der Waals surface area contributed by atoms with Crippen molar-refractivity contribution in [3.8, 4) is 11.5 Å². The lowest BCUT2D eigenvalue weighted by Gasteiger charge is -2.35. The van der Waals surface area contributed by atoms with Gasteiger partial charge in [-0.15, -0.1) is 0 Å². The van der Waals surface area contributed by atoms with E-state index in [1.54, 1.807) is 0 Å². The number of hydrogen-bond donors (Lipinski definition) is 1. The first-order valence-corrected chi connectivity index (χ1v) is 9.67. The third-order valence-electron chi connectivity index (χ3n) is 5.61. The first kappa shape index (κ1) is 18.3. The van der Waals surface area contributed by atoms with Gasteiger partial charge in [-0.25, -0.2) is 4.39 Å². The van der Waals surface area contributed by atoms with Gasteiger partial charge in [0.1, 0.15) is 5.82 Å². The number of piperazine rings is 2. The molecule has 4 rings (SSSR count). The van der Waals surface area contributed by atoms with Crippen LogP contribution in [0.4, 0.5) is 10.1 Å². The summed E-state index contributed by atoms with van der Waals surface area (Å²) in [6, 6.07) is 5.27. The summed E-state index contributed by atoms with van der Waals surface area (Å²) < 4.78 is 20.2. The largest absolute Gasteiger partial charge is 0.367 e. The summed E-state index contributed by atoms with van der Waals surface area (Å²) in [6.07, 6.45) is 0. The van der Waals surface area contributed by atoms with Crippen LogP contribution in [-0.4, -0.2) is 79.3 Å². The minimum absolute atomic E-state index is 0.0789. The van der Waals surface area contributed by atoms with Crippen LogP contribution in [0.5, 0.6) is 0 Å². The summed E-state index contributed by atoms with van der Waals surface area (Å²) in [5.74, 6) is 0.763. The Balaban J connectivity index is 1.50. The molecule has 1 aromatic carbocycles. The molecule has 3 heterocycles. The molecular formula is C19H27FN6O. The van der Waals surface area contributed by atoms with E-state index in [0.717, 1.165) is 52.4 Å². The lowest BCUT2D eigenvalue weighted by Crippen LogP contribution is -2.46. The Morgan fingerprint density at radius 1 is 1.22 bits per heavy atom. The summed E-state index contributed by atoms with van der Waals surface area (Å²) in [5.41, 5.74) is 1.26. The Morgan fingerprint density at radius 3 is 2.74 bits per heavy atom. The molecule has 2 aliphatic heterocycles. The van der Waals surface area contributed by atoms with Crippen LogP contribution in [0.25, 0.3) is 11.5 Å². The van der Waals surface area contributed by atoms with Gasteiger partial charge in [-0.2, -0.15) is 4.98 Å². The van der Waals surface area contributed by atoms with Crippen LogP contribution in [0.2, 0.25) is 0 Å². The van der Waals surface area contributed by atoms with Crippen molar-refractivity contribution < 1.29 is 8.91 Å². The fraction of sp³-hybridized carbons (Fsp3) is 0.579. The molecule has 0 amide bonds. The van der Waals surface area contributed by atoms with E-state index in [4.69, 9.17) is 4.52 Å². The van der Waals surface area contributed by atoms with Crippen LogP contribution in [-0.2, 0) is 0 Å². The Labute approximate surface area is 159 Å². The van der Waals surface area contributed by atoms with E-state index in [1.165, 1.54) is 6.07 Å². The van der Waals surface area contributed by atoms with Crippen molar-refractivity contribution >= 4 is 5.69 Å². The number of nitrogens with one attached hydrogen (secondary N) is 1. The number of anilines is 1. The maximum Gasteiger partial charge on any atom is 0.258 e. The fourth-order valence-corrected chi connectivity index (χ4v) is 3.78. The van der Waals surface area contributed by atoms with Crippen molar-refractivity contribution in [3.05, 3.63) is 29.8 Å². The third-order valence-corrected chi connectivity index (χ3v) is 5.61. The van der Waals surface area contributed by atoms with Gasteiger partial charge in [0.15, 0.2) is 5.82 Å². The van der Waals surface area contributed by atoms with E-state index >= 15 is 0 Å². The Hall–Kier alpha value is -2.03. The molecule has 1 N–H and O–H groups in total. The summed E-state index contributed by atoms with van der Waals surface area (Å²) in [5, 5.41) is 7.46. The minimum atomic E-state index is -0.242. The highest BCUT2D eigenvalue weighted by molar-refractivity contribution is 5.60. The highest BCUT2D eigenvalue weighted by Gasteiger charge is 2.26. The number of rotatable bonds is 4. The number of likely N-dealkylation sites (N-methyl/N-ethyl adjacent to an activating group) is 2. The smallest absolute Gasteiger partial charge is 0.258 e. The first-order chi connectivity index (χ1) is 13.2. The van der Waals surface area contributed by atoms with Crippen molar-refractivity contribution in [2.45, 2.75) is 13.0 Å². The number of halogens is 1. The molecule has 1 unspecified atom stereocenters. The zero-order valence-corrected chi connectivity index (χ0v) is 16.0. The Bertz CT molecular complexity index is 773. The SMILES string of the molecule is CCN1CCN(c2ccc(-c3nc(C4CNCCN4C)no3)cc2F)CC1. The van der Waals surface area contributed by atoms with Gasteiger partial charge < -0.3 is 19.6 Å². The molecule has 2 fully saturated rings. The maximum absolute atomic E-state index is 14.8. The topological polar surface area (TPSA) is 60.7 Å². The highest BCUT2D eigenvalue weighted by atomic mass is 19.1. The molecule has 0 aliphatic carbocycles. The quantitative estimate of drug-likeness (QED) is 0.872. The normalized spacial score (nSPS) is 22.3. The monoisotopic (exact) mass is 374 g/mol. The van der Waals surface area contributed by atoms with Crippen LogP contribution < -0.4 is 10.2 Å². The standard InChI is InChI=1S/C19H27FN6O/c1-3-25-8-10-26(11-9-25)16-5-4-14(12-15(16)20)19-22-18(23-27-19)17-13-21-6-7-24(17)2/h4-5,12,17,21H,3,6-11,13H2,1-2H3. The van der Waals surface area contributed by atoms with E-state index in [9.17, 15) is 4.39 Å². The van der Waals surface area contributed by atoms with Gasteiger partial charge in [-0.05, 0) is 31.8 Å². The molecular weight excluding hydrogens is 347 g/mol. The molecule has 1 aromatic heterocycles. The highest BCUT2D eigenvalue weighted by Crippen LogP contribution is 2.28. The average molecular weight is 374 g/mol. The van der Waals surface area contributed by atoms with Crippen LogP contribution in [0.15, 0.2) is 22.7 Å². The predicted octanol–water partition coefficient (Wildman–Crippen LogP) is 1.59. The number of benzene rings is 1. The van der Waals surface area contributed by atoms with Crippen molar-refractivity contribution in [1.82, 2.24) is 25.3 Å². The van der Waals surface area contributed by atoms with Crippen molar-refractivity contribution in [1.29, 1.82) is 0 Å². The van der Waals surface area contributed by atoms with Gasteiger partial charge in [0.05, 0.1) is 11.7 Å². The van der Waals surface area contributed by atoms with Crippen molar-refractivity contribution in [2.75, 3.05) is 64.3 Å². The lowest BCUT2D eigenvalue weighted by molar-refractivity contribution is 0.190. The molecule has 8 heteroatoms. The predicted molar refractivity (Wildman–Crippen MR) is 102 cm³/mol. The molecule has 0 radical (unpaired) electrons. The lowest BCUT2D eigenvalue weighted by atomic mass is 10.1. The summed E-state index contributed by atoms with van der Waals surface area (Å²) in [7, 11) is 2.05. The minimum Gasteiger partial charge on any atom is -0.367 e. The molecule has 2 saturated heterocycles. The average Bonchev–Trinajstić information content (AvgIpc) is 3.18. The molecule has 0 bridgehead atoms. The molecule has 7 nitrogen and oxygen atoms in total. The molecule has 2 aromatic rings. The molecule has 0 spiro atoms. The molecule has 27 heavy (non-hydrogen) atoms. The van der Waals surface area contributed by atoms with E-state index < -0.39 is 0 Å².